The zero-order chi connectivity index (χ0) is 13.1. The lowest BCUT2D eigenvalue weighted by Crippen LogP contribution is -2.39. The van der Waals surface area contributed by atoms with Crippen molar-refractivity contribution in [1.82, 2.24) is 16.0 Å². The standard InChI is InChI=1S/C11H23N3O3/c1-3-9(7-10(15)16)8-14-11(17)13-6-4-5-12-2/h9,12H,3-8H2,1-2H3,(H,15,16)(H2,13,14,17). The summed E-state index contributed by atoms with van der Waals surface area (Å²) in [6, 6.07) is -0.232. The van der Waals surface area contributed by atoms with Crippen LogP contribution in [0.15, 0.2) is 0 Å². The van der Waals surface area contributed by atoms with Crippen molar-refractivity contribution < 1.29 is 14.7 Å². The molecule has 100 valence electrons. The van der Waals surface area contributed by atoms with Crippen LogP contribution >= 0.6 is 0 Å². The minimum Gasteiger partial charge on any atom is -0.481 e. The van der Waals surface area contributed by atoms with Crippen LogP contribution in [0.1, 0.15) is 26.2 Å². The van der Waals surface area contributed by atoms with Crippen LogP contribution in [0.4, 0.5) is 4.79 Å². The van der Waals surface area contributed by atoms with E-state index in [0.717, 1.165) is 19.4 Å². The normalized spacial score (nSPS) is 11.9. The van der Waals surface area contributed by atoms with Crippen LogP contribution in [-0.4, -0.2) is 43.8 Å². The number of rotatable bonds is 9. The minimum atomic E-state index is -0.826. The van der Waals surface area contributed by atoms with Gasteiger partial charge in [0.15, 0.2) is 0 Å². The predicted octanol–water partition coefficient (Wildman–Crippen LogP) is 0.396. The molecular formula is C11H23N3O3. The summed E-state index contributed by atoms with van der Waals surface area (Å²) in [4.78, 5) is 21.8. The van der Waals surface area contributed by atoms with Crippen molar-refractivity contribution in [1.29, 1.82) is 0 Å². The number of amides is 2. The summed E-state index contributed by atoms with van der Waals surface area (Å²) in [6.45, 7) is 3.79. The van der Waals surface area contributed by atoms with Crippen LogP contribution in [0.25, 0.3) is 0 Å². The molecule has 0 aromatic heterocycles. The van der Waals surface area contributed by atoms with Crippen LogP contribution < -0.4 is 16.0 Å². The van der Waals surface area contributed by atoms with Gasteiger partial charge in [-0.15, -0.1) is 0 Å². The molecule has 0 saturated carbocycles. The molecule has 0 aliphatic heterocycles. The molecular weight excluding hydrogens is 222 g/mol. The lowest BCUT2D eigenvalue weighted by atomic mass is 10.0. The SMILES string of the molecule is CCC(CNC(=O)NCCCNC)CC(=O)O. The third-order valence-corrected chi connectivity index (χ3v) is 2.48. The first-order valence-electron chi connectivity index (χ1n) is 5.98. The average Bonchev–Trinajstić information content (AvgIpc) is 2.29. The van der Waals surface area contributed by atoms with Crippen LogP contribution in [0.5, 0.6) is 0 Å². The van der Waals surface area contributed by atoms with Crippen LogP contribution in [0.3, 0.4) is 0 Å². The van der Waals surface area contributed by atoms with E-state index in [9.17, 15) is 9.59 Å². The second-order valence-corrected chi connectivity index (χ2v) is 3.97. The number of hydrogen-bond acceptors (Lipinski definition) is 3. The topological polar surface area (TPSA) is 90.5 Å². The molecule has 2 amide bonds. The summed E-state index contributed by atoms with van der Waals surface area (Å²) in [5.41, 5.74) is 0. The van der Waals surface area contributed by atoms with Crippen molar-refractivity contribution in [3.63, 3.8) is 0 Å². The number of carbonyl (C=O) groups is 2. The Morgan fingerprint density at radius 3 is 2.47 bits per heavy atom. The van der Waals surface area contributed by atoms with E-state index in [1.807, 2.05) is 14.0 Å². The quantitative estimate of drug-likeness (QED) is 0.442. The molecule has 0 aliphatic carbocycles. The first-order chi connectivity index (χ1) is 8.10. The van der Waals surface area contributed by atoms with Crippen molar-refractivity contribution in [2.45, 2.75) is 26.2 Å². The molecule has 17 heavy (non-hydrogen) atoms. The maximum absolute atomic E-state index is 11.3. The molecule has 0 aliphatic rings. The molecule has 4 N–H and O–H groups in total. The Hall–Kier alpha value is -1.30. The second-order valence-electron chi connectivity index (χ2n) is 3.97. The number of aliphatic carboxylic acids is 1. The molecule has 0 bridgehead atoms. The predicted molar refractivity (Wildman–Crippen MR) is 66.0 cm³/mol. The zero-order valence-electron chi connectivity index (χ0n) is 10.6. The Labute approximate surface area is 102 Å². The van der Waals surface area contributed by atoms with E-state index in [1.54, 1.807) is 0 Å². The molecule has 0 aromatic rings. The first kappa shape index (κ1) is 15.7. The second kappa shape index (κ2) is 9.89. The highest BCUT2D eigenvalue weighted by Gasteiger charge is 2.11. The highest BCUT2D eigenvalue weighted by molar-refractivity contribution is 5.74. The van der Waals surface area contributed by atoms with Gasteiger partial charge in [-0.05, 0) is 25.9 Å². The van der Waals surface area contributed by atoms with Crippen LogP contribution in [0.2, 0.25) is 0 Å². The van der Waals surface area contributed by atoms with Gasteiger partial charge >= 0.3 is 12.0 Å². The van der Waals surface area contributed by atoms with Gasteiger partial charge in [0.05, 0.1) is 0 Å². The fourth-order valence-electron chi connectivity index (χ4n) is 1.37. The van der Waals surface area contributed by atoms with Crippen molar-refractivity contribution in [3.8, 4) is 0 Å². The first-order valence-corrected chi connectivity index (χ1v) is 5.98. The van der Waals surface area contributed by atoms with Crippen LogP contribution in [-0.2, 0) is 4.79 Å². The van der Waals surface area contributed by atoms with E-state index in [-0.39, 0.29) is 18.4 Å². The van der Waals surface area contributed by atoms with Crippen molar-refractivity contribution >= 4 is 12.0 Å². The number of nitrogens with one attached hydrogen (secondary N) is 3. The molecule has 1 atom stereocenters. The van der Waals surface area contributed by atoms with Gasteiger partial charge in [0.1, 0.15) is 0 Å². The highest BCUT2D eigenvalue weighted by atomic mass is 16.4. The number of carbonyl (C=O) groups excluding carboxylic acids is 1. The molecule has 0 heterocycles. The van der Waals surface area contributed by atoms with E-state index in [1.165, 1.54) is 0 Å². The molecule has 0 spiro atoms. The van der Waals surface area contributed by atoms with Crippen molar-refractivity contribution in [3.05, 3.63) is 0 Å². The fraction of sp³-hybridized carbons (Fsp3) is 0.818. The number of carboxylic acid groups (broad SMARTS) is 1. The van der Waals surface area contributed by atoms with E-state index in [0.29, 0.717) is 13.1 Å². The molecule has 1 unspecified atom stereocenters. The third kappa shape index (κ3) is 9.62. The Balaban J connectivity index is 3.62. The lowest BCUT2D eigenvalue weighted by molar-refractivity contribution is -0.138. The Bertz CT molecular complexity index is 234. The van der Waals surface area contributed by atoms with Crippen molar-refractivity contribution in [2.24, 2.45) is 5.92 Å². The monoisotopic (exact) mass is 245 g/mol. The fourth-order valence-corrected chi connectivity index (χ4v) is 1.37. The molecule has 6 nitrogen and oxygen atoms in total. The van der Waals surface area contributed by atoms with Gasteiger partial charge in [-0.1, -0.05) is 13.3 Å². The lowest BCUT2D eigenvalue weighted by Gasteiger charge is -2.13. The Kier molecular flexibility index (Phi) is 9.14. The molecule has 0 radical (unpaired) electrons. The summed E-state index contributed by atoms with van der Waals surface area (Å²) >= 11 is 0. The minimum absolute atomic E-state index is 0.00411. The van der Waals surface area contributed by atoms with E-state index < -0.39 is 5.97 Å². The zero-order valence-corrected chi connectivity index (χ0v) is 10.6. The summed E-state index contributed by atoms with van der Waals surface area (Å²) in [5.74, 6) is -0.830. The van der Waals surface area contributed by atoms with Crippen molar-refractivity contribution in [2.75, 3.05) is 26.7 Å². The number of hydrogen-bond donors (Lipinski definition) is 4. The number of carboxylic acids is 1. The van der Waals surface area contributed by atoms with Gasteiger partial charge < -0.3 is 21.1 Å². The van der Waals surface area contributed by atoms with E-state index >= 15 is 0 Å². The van der Waals surface area contributed by atoms with Gasteiger partial charge in [0, 0.05) is 19.5 Å². The summed E-state index contributed by atoms with van der Waals surface area (Å²) in [6.07, 6.45) is 1.71. The molecule has 0 saturated heterocycles. The maximum Gasteiger partial charge on any atom is 0.314 e. The largest absolute Gasteiger partial charge is 0.481 e. The van der Waals surface area contributed by atoms with E-state index in [4.69, 9.17) is 5.11 Å². The van der Waals surface area contributed by atoms with Gasteiger partial charge in [-0.3, -0.25) is 4.79 Å². The van der Waals surface area contributed by atoms with E-state index in [2.05, 4.69) is 16.0 Å². The Morgan fingerprint density at radius 2 is 1.94 bits per heavy atom. The molecule has 0 fully saturated rings. The summed E-state index contributed by atoms with van der Waals surface area (Å²) in [5, 5.41) is 17.0. The molecule has 0 rings (SSSR count). The average molecular weight is 245 g/mol. The van der Waals surface area contributed by atoms with Gasteiger partial charge in [-0.2, -0.15) is 0 Å². The number of urea groups is 1. The molecule has 0 aromatic carbocycles. The molecule has 6 heteroatoms. The van der Waals surface area contributed by atoms with Gasteiger partial charge in [0.2, 0.25) is 0 Å². The van der Waals surface area contributed by atoms with Gasteiger partial charge in [-0.25, -0.2) is 4.79 Å². The van der Waals surface area contributed by atoms with Gasteiger partial charge in [0.25, 0.3) is 0 Å². The third-order valence-electron chi connectivity index (χ3n) is 2.48. The smallest absolute Gasteiger partial charge is 0.314 e. The maximum atomic E-state index is 11.3. The summed E-state index contributed by atoms with van der Waals surface area (Å²) < 4.78 is 0. The summed E-state index contributed by atoms with van der Waals surface area (Å²) in [7, 11) is 1.86. The highest BCUT2D eigenvalue weighted by Crippen LogP contribution is 2.06. The Morgan fingerprint density at radius 1 is 1.24 bits per heavy atom. The van der Waals surface area contributed by atoms with Crippen LogP contribution in [0, 0.1) is 5.92 Å².